The molecule has 1 aromatic heterocycles. The van der Waals surface area contributed by atoms with Crippen LogP contribution in [0.4, 0.5) is 4.39 Å². The first-order valence-corrected chi connectivity index (χ1v) is 9.90. The van der Waals surface area contributed by atoms with Gasteiger partial charge in [-0.15, -0.1) is 10.2 Å². The van der Waals surface area contributed by atoms with E-state index in [0.717, 1.165) is 18.4 Å². The number of rotatable bonds is 6. The quantitative estimate of drug-likeness (QED) is 0.441. The number of carbonyl (C=O) groups is 1. The van der Waals surface area contributed by atoms with Crippen molar-refractivity contribution in [3.05, 3.63) is 65.5 Å². The van der Waals surface area contributed by atoms with Gasteiger partial charge in [-0.25, -0.2) is 4.39 Å². The van der Waals surface area contributed by atoms with E-state index < -0.39 is 0 Å². The van der Waals surface area contributed by atoms with Gasteiger partial charge in [-0.05, 0) is 38.8 Å². The van der Waals surface area contributed by atoms with Gasteiger partial charge in [0, 0.05) is 11.6 Å². The van der Waals surface area contributed by atoms with Gasteiger partial charge < -0.3 is 0 Å². The van der Waals surface area contributed by atoms with Gasteiger partial charge >= 0.3 is 0 Å². The summed E-state index contributed by atoms with van der Waals surface area (Å²) in [5.41, 5.74) is 2.25. The number of hydrogen-bond donors (Lipinski definition) is 0. The fraction of sp³-hybridized carbons (Fsp3) is 0.286. The largest absolute Gasteiger partial charge is 0.299 e. The molecule has 27 heavy (non-hydrogen) atoms. The van der Waals surface area contributed by atoms with Crippen LogP contribution >= 0.6 is 11.8 Å². The second-order valence-electron chi connectivity index (χ2n) is 6.88. The van der Waals surface area contributed by atoms with Crippen LogP contribution in [0.3, 0.4) is 0 Å². The first-order valence-electron chi connectivity index (χ1n) is 9.02. The Morgan fingerprint density at radius 3 is 2.52 bits per heavy atom. The third-order valence-corrected chi connectivity index (χ3v) is 5.74. The third-order valence-electron chi connectivity index (χ3n) is 4.68. The third kappa shape index (κ3) is 3.67. The molecule has 1 fully saturated rings. The number of aryl methyl sites for hydroxylation is 1. The monoisotopic (exact) mass is 381 g/mol. The topological polar surface area (TPSA) is 47.8 Å². The summed E-state index contributed by atoms with van der Waals surface area (Å²) in [6, 6.07) is 14.5. The van der Waals surface area contributed by atoms with Crippen LogP contribution in [0, 0.1) is 12.7 Å². The number of Topliss-reactive ketones (excluding diaryl/α,β-unsaturated/α-hetero) is 1. The molecule has 0 bridgehead atoms. The molecule has 4 rings (SSSR count). The highest BCUT2D eigenvalue weighted by atomic mass is 32.2. The van der Waals surface area contributed by atoms with Crippen molar-refractivity contribution in [2.75, 3.05) is 0 Å². The summed E-state index contributed by atoms with van der Waals surface area (Å²) in [5.74, 6) is 0.276. The average molecular weight is 381 g/mol. The Kier molecular flexibility index (Phi) is 4.83. The number of aromatic nitrogens is 3. The fourth-order valence-corrected chi connectivity index (χ4v) is 4.01. The number of thioether (sulfide) groups is 1. The average Bonchev–Trinajstić information content (AvgIpc) is 3.43. The molecule has 0 N–H and O–H groups in total. The maximum atomic E-state index is 14.3. The number of carbonyl (C=O) groups excluding carboxylic acids is 1. The van der Waals surface area contributed by atoms with E-state index in [4.69, 9.17) is 0 Å². The van der Waals surface area contributed by atoms with Crippen LogP contribution < -0.4 is 0 Å². The molecule has 1 saturated carbocycles. The van der Waals surface area contributed by atoms with Crippen LogP contribution in [0.5, 0.6) is 0 Å². The van der Waals surface area contributed by atoms with E-state index in [2.05, 4.69) is 10.2 Å². The fourth-order valence-electron chi connectivity index (χ4n) is 3.01. The van der Waals surface area contributed by atoms with Gasteiger partial charge in [0.2, 0.25) is 0 Å². The molecule has 1 aliphatic rings. The lowest BCUT2D eigenvalue weighted by Crippen LogP contribution is -2.14. The van der Waals surface area contributed by atoms with Crippen LogP contribution in [0.1, 0.15) is 41.7 Å². The highest BCUT2D eigenvalue weighted by molar-refractivity contribution is 8.00. The molecular weight excluding hydrogens is 361 g/mol. The van der Waals surface area contributed by atoms with Gasteiger partial charge in [-0.3, -0.25) is 9.36 Å². The Hall–Kier alpha value is -2.47. The second-order valence-corrected chi connectivity index (χ2v) is 8.19. The van der Waals surface area contributed by atoms with Crippen LogP contribution in [0.25, 0.3) is 11.4 Å². The van der Waals surface area contributed by atoms with E-state index in [0.29, 0.717) is 22.1 Å². The zero-order valence-corrected chi connectivity index (χ0v) is 16.0. The summed E-state index contributed by atoms with van der Waals surface area (Å²) in [5, 5.41) is 8.90. The minimum Gasteiger partial charge on any atom is -0.299 e. The summed E-state index contributed by atoms with van der Waals surface area (Å²) in [7, 11) is 0. The molecule has 2 aromatic carbocycles. The Morgan fingerprint density at radius 1 is 1.15 bits per heavy atom. The number of benzene rings is 2. The van der Waals surface area contributed by atoms with Crippen molar-refractivity contribution in [2.24, 2.45) is 0 Å². The zero-order valence-electron chi connectivity index (χ0n) is 15.2. The molecule has 1 heterocycles. The SMILES string of the molecule is Cc1ccc(C(=O)C(C)Sc2nnc(-c3ccccc3F)n2C2CC2)cc1. The first kappa shape index (κ1) is 17.9. The maximum absolute atomic E-state index is 14.3. The summed E-state index contributed by atoms with van der Waals surface area (Å²) >= 11 is 1.38. The zero-order chi connectivity index (χ0) is 19.0. The van der Waals surface area contributed by atoms with Crippen molar-refractivity contribution in [3.63, 3.8) is 0 Å². The van der Waals surface area contributed by atoms with Crippen molar-refractivity contribution >= 4 is 17.5 Å². The van der Waals surface area contributed by atoms with E-state index >= 15 is 0 Å². The highest BCUT2D eigenvalue weighted by Gasteiger charge is 2.32. The Balaban J connectivity index is 1.62. The van der Waals surface area contributed by atoms with Crippen LogP contribution in [0.2, 0.25) is 0 Å². The summed E-state index contributed by atoms with van der Waals surface area (Å²) < 4.78 is 16.2. The molecule has 0 radical (unpaired) electrons. The molecule has 0 aliphatic heterocycles. The van der Waals surface area contributed by atoms with Gasteiger partial charge in [0.1, 0.15) is 5.82 Å². The van der Waals surface area contributed by atoms with Crippen LogP contribution in [0.15, 0.2) is 53.7 Å². The number of halogens is 1. The lowest BCUT2D eigenvalue weighted by molar-refractivity contribution is 0.0994. The van der Waals surface area contributed by atoms with E-state index in [-0.39, 0.29) is 22.9 Å². The predicted octanol–water partition coefficient (Wildman–Crippen LogP) is 5.09. The minimum atomic E-state index is -0.313. The normalized spacial score (nSPS) is 14.9. The first-order chi connectivity index (χ1) is 13.0. The van der Waals surface area contributed by atoms with E-state index in [1.807, 2.05) is 42.7 Å². The molecule has 6 heteroatoms. The molecule has 138 valence electrons. The van der Waals surface area contributed by atoms with Crippen molar-refractivity contribution in [1.29, 1.82) is 0 Å². The Morgan fingerprint density at radius 2 is 1.85 bits per heavy atom. The van der Waals surface area contributed by atoms with Crippen molar-refractivity contribution in [3.8, 4) is 11.4 Å². The summed E-state index contributed by atoms with van der Waals surface area (Å²) in [6.07, 6.45) is 2.04. The van der Waals surface area contributed by atoms with E-state index in [1.54, 1.807) is 18.2 Å². The lowest BCUT2D eigenvalue weighted by Gasteiger charge is -2.13. The van der Waals surface area contributed by atoms with Gasteiger partial charge in [-0.1, -0.05) is 53.7 Å². The number of ketones is 1. The molecule has 3 aromatic rings. The van der Waals surface area contributed by atoms with Crippen molar-refractivity contribution in [2.45, 2.75) is 43.1 Å². The molecule has 0 amide bonds. The molecule has 0 saturated heterocycles. The molecule has 1 unspecified atom stereocenters. The van der Waals surface area contributed by atoms with Crippen molar-refractivity contribution < 1.29 is 9.18 Å². The number of hydrogen-bond acceptors (Lipinski definition) is 4. The van der Waals surface area contributed by atoms with Crippen molar-refractivity contribution in [1.82, 2.24) is 14.8 Å². The molecule has 1 aliphatic carbocycles. The predicted molar refractivity (Wildman–Crippen MR) is 105 cm³/mol. The van der Waals surface area contributed by atoms with Gasteiger partial charge in [0.25, 0.3) is 0 Å². The summed E-state index contributed by atoms with van der Waals surface area (Å²) in [6.45, 7) is 3.87. The standard InChI is InChI=1S/C21H20FN3OS/c1-13-7-9-15(10-8-13)19(26)14(2)27-21-24-23-20(25(21)16-11-12-16)17-5-3-4-6-18(17)22/h3-10,14,16H,11-12H2,1-2H3. The van der Waals surface area contributed by atoms with Gasteiger partial charge in [0.05, 0.1) is 10.8 Å². The molecule has 0 spiro atoms. The second kappa shape index (κ2) is 7.27. The Labute approximate surface area is 161 Å². The highest BCUT2D eigenvalue weighted by Crippen LogP contribution is 2.42. The van der Waals surface area contributed by atoms with Crippen LogP contribution in [-0.2, 0) is 0 Å². The molecule has 1 atom stereocenters. The van der Waals surface area contributed by atoms with E-state index in [9.17, 15) is 9.18 Å². The maximum Gasteiger partial charge on any atom is 0.192 e. The van der Waals surface area contributed by atoms with Gasteiger partial charge in [0.15, 0.2) is 16.8 Å². The lowest BCUT2D eigenvalue weighted by atomic mass is 10.1. The van der Waals surface area contributed by atoms with Crippen LogP contribution in [-0.4, -0.2) is 25.8 Å². The minimum absolute atomic E-state index is 0.0535. The van der Waals surface area contributed by atoms with Gasteiger partial charge in [-0.2, -0.15) is 0 Å². The smallest absolute Gasteiger partial charge is 0.192 e. The summed E-state index contributed by atoms with van der Waals surface area (Å²) in [4.78, 5) is 12.7. The molecule has 4 nitrogen and oxygen atoms in total. The Bertz CT molecular complexity index is 979. The van der Waals surface area contributed by atoms with E-state index in [1.165, 1.54) is 17.8 Å². The number of nitrogens with zero attached hydrogens (tertiary/aromatic N) is 3. The molecular formula is C21H20FN3OS.